The Morgan fingerprint density at radius 3 is 1.44 bits per heavy atom. The third-order valence-electron chi connectivity index (χ3n) is 1.62. The van der Waals surface area contributed by atoms with Crippen LogP contribution in [-0.2, 0) is 0 Å². The lowest BCUT2D eigenvalue weighted by Crippen LogP contribution is -2.33. The molecule has 0 heterocycles. The SMILES string of the molecule is CC(O)CO.OCC(O)CC(O)C(O)CO. The van der Waals surface area contributed by atoms with Crippen LogP contribution in [0.2, 0.25) is 0 Å². The Labute approximate surface area is 94.2 Å². The van der Waals surface area contributed by atoms with Gasteiger partial charge in [-0.05, 0) is 6.92 Å². The Morgan fingerprint density at radius 1 is 0.750 bits per heavy atom. The fraction of sp³-hybridized carbons (Fsp3) is 1.00. The number of aliphatic hydroxyl groups is 7. The molecule has 0 aromatic heterocycles. The summed E-state index contributed by atoms with van der Waals surface area (Å²) in [5.74, 6) is 0. The molecule has 7 nitrogen and oxygen atoms in total. The molecular weight excluding hydrogens is 220 g/mol. The minimum absolute atomic E-state index is 0.139. The quantitative estimate of drug-likeness (QED) is 0.260. The Hall–Kier alpha value is -0.280. The van der Waals surface area contributed by atoms with E-state index in [0.29, 0.717) is 0 Å². The maximum absolute atomic E-state index is 8.94. The van der Waals surface area contributed by atoms with Crippen molar-refractivity contribution in [2.75, 3.05) is 19.8 Å². The van der Waals surface area contributed by atoms with Crippen molar-refractivity contribution < 1.29 is 35.7 Å². The molecule has 16 heavy (non-hydrogen) atoms. The van der Waals surface area contributed by atoms with E-state index in [2.05, 4.69) is 0 Å². The molecule has 0 saturated carbocycles. The smallest absolute Gasteiger partial charge is 0.103 e. The van der Waals surface area contributed by atoms with Gasteiger partial charge in [0.1, 0.15) is 6.10 Å². The summed E-state index contributed by atoms with van der Waals surface area (Å²) >= 11 is 0. The van der Waals surface area contributed by atoms with E-state index in [4.69, 9.17) is 35.7 Å². The highest BCUT2D eigenvalue weighted by molar-refractivity contribution is 4.69. The largest absolute Gasteiger partial charge is 0.394 e. The van der Waals surface area contributed by atoms with Crippen molar-refractivity contribution >= 4 is 0 Å². The molecule has 0 aliphatic rings. The zero-order valence-corrected chi connectivity index (χ0v) is 9.27. The van der Waals surface area contributed by atoms with Crippen LogP contribution in [0, 0.1) is 0 Å². The standard InChI is InChI=1S/C6H14O5.C3H8O2/c7-2-4(9)1-5(10)6(11)3-8;1-3(5)2-4/h4-11H,1-3H2;3-5H,2H2,1H3. The summed E-state index contributed by atoms with van der Waals surface area (Å²) in [5, 5.41) is 59.2. The summed E-state index contributed by atoms with van der Waals surface area (Å²) < 4.78 is 0. The van der Waals surface area contributed by atoms with Gasteiger partial charge in [-0.3, -0.25) is 0 Å². The third-order valence-corrected chi connectivity index (χ3v) is 1.62. The van der Waals surface area contributed by atoms with Gasteiger partial charge in [-0.1, -0.05) is 0 Å². The summed E-state index contributed by atoms with van der Waals surface area (Å²) in [6.45, 7) is 0.370. The minimum Gasteiger partial charge on any atom is -0.394 e. The maximum atomic E-state index is 8.94. The lowest BCUT2D eigenvalue weighted by atomic mass is 10.1. The first-order valence-corrected chi connectivity index (χ1v) is 4.93. The molecule has 0 rings (SSSR count). The van der Waals surface area contributed by atoms with Crippen molar-refractivity contribution in [2.45, 2.75) is 37.8 Å². The third kappa shape index (κ3) is 11.8. The molecule has 4 atom stereocenters. The Kier molecular flexibility index (Phi) is 12.7. The van der Waals surface area contributed by atoms with Crippen LogP contribution >= 0.6 is 0 Å². The molecule has 0 radical (unpaired) electrons. The first-order valence-electron chi connectivity index (χ1n) is 4.93. The second kappa shape index (κ2) is 11.2. The lowest BCUT2D eigenvalue weighted by molar-refractivity contribution is -0.0437. The van der Waals surface area contributed by atoms with E-state index in [-0.39, 0.29) is 13.0 Å². The van der Waals surface area contributed by atoms with Crippen LogP contribution in [0.4, 0.5) is 0 Å². The van der Waals surface area contributed by atoms with Crippen molar-refractivity contribution in [1.82, 2.24) is 0 Å². The molecule has 0 spiro atoms. The van der Waals surface area contributed by atoms with Crippen molar-refractivity contribution in [2.24, 2.45) is 0 Å². The van der Waals surface area contributed by atoms with Gasteiger partial charge in [-0.25, -0.2) is 0 Å². The normalized spacial score (nSPS) is 18.0. The fourth-order valence-corrected chi connectivity index (χ4v) is 0.632. The highest BCUT2D eigenvalue weighted by Crippen LogP contribution is 2.02. The van der Waals surface area contributed by atoms with Crippen LogP contribution in [0.5, 0.6) is 0 Å². The molecule has 0 amide bonds. The van der Waals surface area contributed by atoms with Gasteiger partial charge in [-0.2, -0.15) is 0 Å². The Morgan fingerprint density at radius 2 is 1.19 bits per heavy atom. The van der Waals surface area contributed by atoms with Gasteiger partial charge in [0.2, 0.25) is 0 Å². The minimum atomic E-state index is -1.25. The van der Waals surface area contributed by atoms with Crippen molar-refractivity contribution in [3.05, 3.63) is 0 Å². The predicted molar refractivity (Wildman–Crippen MR) is 55.6 cm³/mol. The molecule has 0 aliphatic carbocycles. The molecule has 7 N–H and O–H groups in total. The molecule has 0 aliphatic heterocycles. The van der Waals surface area contributed by atoms with E-state index >= 15 is 0 Å². The highest BCUT2D eigenvalue weighted by atomic mass is 16.4. The van der Waals surface area contributed by atoms with Crippen LogP contribution in [-0.4, -0.2) is 80.0 Å². The second-order valence-corrected chi connectivity index (χ2v) is 3.42. The van der Waals surface area contributed by atoms with Gasteiger partial charge in [0.05, 0.1) is 38.1 Å². The Bertz CT molecular complexity index is 142. The number of hydrogen-bond donors (Lipinski definition) is 7. The van der Waals surface area contributed by atoms with Crippen molar-refractivity contribution in [3.8, 4) is 0 Å². The molecule has 100 valence electrons. The van der Waals surface area contributed by atoms with E-state index < -0.39 is 37.6 Å². The van der Waals surface area contributed by atoms with Crippen LogP contribution < -0.4 is 0 Å². The summed E-state index contributed by atoms with van der Waals surface area (Å²) in [7, 11) is 0. The summed E-state index contributed by atoms with van der Waals surface area (Å²) in [4.78, 5) is 0. The molecule has 0 aromatic rings. The predicted octanol–water partition coefficient (Wildman–Crippen LogP) is -3.20. The first kappa shape index (κ1) is 18.1. The van der Waals surface area contributed by atoms with Crippen LogP contribution in [0.25, 0.3) is 0 Å². The van der Waals surface area contributed by atoms with E-state index in [9.17, 15) is 0 Å². The van der Waals surface area contributed by atoms with E-state index in [1.807, 2.05) is 0 Å². The fourth-order valence-electron chi connectivity index (χ4n) is 0.632. The van der Waals surface area contributed by atoms with E-state index in [1.54, 1.807) is 0 Å². The summed E-state index contributed by atoms with van der Waals surface area (Å²) in [6, 6.07) is 0. The molecule has 0 bridgehead atoms. The summed E-state index contributed by atoms with van der Waals surface area (Å²) in [5.41, 5.74) is 0. The maximum Gasteiger partial charge on any atom is 0.103 e. The number of rotatable bonds is 6. The highest BCUT2D eigenvalue weighted by Gasteiger charge is 2.18. The van der Waals surface area contributed by atoms with Crippen molar-refractivity contribution in [3.63, 3.8) is 0 Å². The zero-order chi connectivity index (χ0) is 13.1. The molecule has 4 unspecified atom stereocenters. The average Bonchev–Trinajstić information content (AvgIpc) is 2.28. The van der Waals surface area contributed by atoms with Gasteiger partial charge in [0.15, 0.2) is 0 Å². The van der Waals surface area contributed by atoms with Crippen LogP contribution in [0.1, 0.15) is 13.3 Å². The van der Waals surface area contributed by atoms with Crippen LogP contribution in [0.3, 0.4) is 0 Å². The number of hydrogen-bond acceptors (Lipinski definition) is 7. The molecule has 7 heteroatoms. The van der Waals surface area contributed by atoms with E-state index in [1.165, 1.54) is 6.92 Å². The lowest BCUT2D eigenvalue weighted by Gasteiger charge is -2.17. The average molecular weight is 242 g/mol. The summed E-state index contributed by atoms with van der Waals surface area (Å²) in [6.07, 6.45) is -4.20. The molecular formula is C9H22O7. The first-order chi connectivity index (χ1) is 7.38. The second-order valence-electron chi connectivity index (χ2n) is 3.42. The van der Waals surface area contributed by atoms with Gasteiger partial charge >= 0.3 is 0 Å². The monoisotopic (exact) mass is 242 g/mol. The Balaban J connectivity index is 0. The van der Waals surface area contributed by atoms with Crippen LogP contribution in [0.15, 0.2) is 0 Å². The van der Waals surface area contributed by atoms with Gasteiger partial charge in [0, 0.05) is 6.42 Å². The number of aliphatic hydroxyl groups excluding tert-OH is 7. The topological polar surface area (TPSA) is 142 Å². The molecule has 0 fully saturated rings. The molecule has 0 aromatic carbocycles. The van der Waals surface area contributed by atoms with Gasteiger partial charge in [-0.15, -0.1) is 0 Å². The van der Waals surface area contributed by atoms with E-state index in [0.717, 1.165) is 0 Å². The zero-order valence-electron chi connectivity index (χ0n) is 9.27. The van der Waals surface area contributed by atoms with Crippen molar-refractivity contribution in [1.29, 1.82) is 0 Å². The van der Waals surface area contributed by atoms with Gasteiger partial charge in [0.25, 0.3) is 0 Å². The molecule has 0 saturated heterocycles. The van der Waals surface area contributed by atoms with Gasteiger partial charge < -0.3 is 35.7 Å².